The van der Waals surface area contributed by atoms with E-state index in [2.05, 4.69) is 9.71 Å². The Morgan fingerprint density at radius 3 is 2.89 bits per heavy atom. The van der Waals surface area contributed by atoms with Gasteiger partial charge in [0.25, 0.3) is 10.0 Å². The first kappa shape index (κ1) is 14.7. The quantitative estimate of drug-likeness (QED) is 0.900. The molecule has 0 aromatic carbocycles. The van der Waals surface area contributed by atoms with Gasteiger partial charge in [0.2, 0.25) is 0 Å². The van der Waals surface area contributed by atoms with Gasteiger partial charge in [-0.2, -0.15) is 0 Å². The van der Waals surface area contributed by atoms with E-state index in [4.69, 9.17) is 11.6 Å². The molecule has 0 radical (unpaired) electrons. The minimum Gasteiger partial charge on any atom is -0.305 e. The molecule has 0 fully saturated rings. The van der Waals surface area contributed by atoms with Crippen molar-refractivity contribution in [3.8, 4) is 0 Å². The van der Waals surface area contributed by atoms with Gasteiger partial charge in [-0.3, -0.25) is 4.40 Å². The highest BCUT2D eigenvalue weighted by Crippen LogP contribution is 2.25. The minimum atomic E-state index is -3.67. The summed E-state index contributed by atoms with van der Waals surface area (Å²) in [6.45, 7) is 2.24. The molecule has 0 amide bonds. The van der Waals surface area contributed by atoms with E-state index in [9.17, 15) is 8.42 Å². The van der Waals surface area contributed by atoms with Crippen LogP contribution in [0.25, 0.3) is 4.96 Å². The number of imidazole rings is 1. The Bertz CT molecular complexity index is 677. The van der Waals surface area contributed by atoms with Crippen molar-refractivity contribution in [1.29, 1.82) is 0 Å². The summed E-state index contributed by atoms with van der Waals surface area (Å²) in [5.74, 6) is 0. The normalized spacial score (nSPS) is 14.4. The Morgan fingerprint density at radius 2 is 2.26 bits per heavy atom. The van der Waals surface area contributed by atoms with Crippen LogP contribution in [0, 0.1) is 0 Å². The van der Waals surface area contributed by atoms with Gasteiger partial charge in [-0.1, -0.05) is 11.6 Å². The van der Waals surface area contributed by atoms with Gasteiger partial charge >= 0.3 is 0 Å². The summed E-state index contributed by atoms with van der Waals surface area (Å²) >= 11 is 7.25. The molecule has 0 bridgehead atoms. The van der Waals surface area contributed by atoms with Gasteiger partial charge in [-0.25, -0.2) is 18.1 Å². The van der Waals surface area contributed by atoms with Crippen LogP contribution in [0.4, 0.5) is 0 Å². The number of hydrogen-bond acceptors (Lipinski definition) is 5. The molecule has 1 atom stereocenters. The topological polar surface area (TPSA) is 66.7 Å². The lowest BCUT2D eigenvalue weighted by Crippen LogP contribution is -2.38. The molecule has 0 saturated heterocycles. The molecular formula is C10H15ClN4O2S2. The summed E-state index contributed by atoms with van der Waals surface area (Å²) in [5, 5.41) is 1.76. The molecule has 2 aromatic heterocycles. The molecule has 6 nitrogen and oxygen atoms in total. The molecule has 106 valence electrons. The molecule has 2 aromatic rings. The Hall–Kier alpha value is -0.670. The van der Waals surface area contributed by atoms with Crippen LogP contribution in [0.5, 0.6) is 0 Å². The Morgan fingerprint density at radius 1 is 1.58 bits per heavy atom. The lowest BCUT2D eigenvalue weighted by Gasteiger charge is -2.19. The maximum absolute atomic E-state index is 12.3. The Labute approximate surface area is 121 Å². The van der Waals surface area contributed by atoms with Crippen molar-refractivity contribution in [2.75, 3.05) is 20.6 Å². The van der Waals surface area contributed by atoms with Gasteiger partial charge in [-0.15, -0.1) is 11.3 Å². The number of fused-ring (bicyclic) bond motifs is 1. The molecule has 2 rings (SSSR count). The molecule has 0 aliphatic heterocycles. The van der Waals surface area contributed by atoms with E-state index in [1.165, 1.54) is 15.7 Å². The zero-order valence-electron chi connectivity index (χ0n) is 10.8. The van der Waals surface area contributed by atoms with Gasteiger partial charge in [0, 0.05) is 24.2 Å². The first-order valence-electron chi connectivity index (χ1n) is 5.60. The largest absolute Gasteiger partial charge is 0.305 e. The zero-order chi connectivity index (χ0) is 14.2. The summed E-state index contributed by atoms with van der Waals surface area (Å²) in [6.07, 6.45) is 1.64. The van der Waals surface area contributed by atoms with Crippen molar-refractivity contribution in [3.63, 3.8) is 0 Å². The van der Waals surface area contributed by atoms with Crippen LogP contribution < -0.4 is 4.72 Å². The van der Waals surface area contributed by atoms with Gasteiger partial charge in [0.05, 0.1) is 0 Å². The summed E-state index contributed by atoms with van der Waals surface area (Å²) in [6, 6.07) is 0.0828. The van der Waals surface area contributed by atoms with Crippen molar-refractivity contribution >= 4 is 37.9 Å². The highest BCUT2D eigenvalue weighted by atomic mass is 35.5. The first-order chi connectivity index (χ1) is 8.83. The van der Waals surface area contributed by atoms with Gasteiger partial charge in [0.1, 0.15) is 0 Å². The predicted molar refractivity (Wildman–Crippen MR) is 76.4 cm³/mol. The van der Waals surface area contributed by atoms with Crippen molar-refractivity contribution in [3.05, 3.63) is 16.7 Å². The predicted octanol–water partition coefficient (Wildman–Crippen LogP) is 1.28. The number of nitrogens with one attached hydrogen (secondary N) is 1. The van der Waals surface area contributed by atoms with E-state index < -0.39 is 10.0 Å². The number of sulfonamides is 1. The van der Waals surface area contributed by atoms with Crippen LogP contribution in [0.15, 0.2) is 16.6 Å². The standard InChI is InChI=1S/C10H15ClN4O2S2/c1-7(14(2)3)6-12-19(16,17)9-8(11)13-10-15(9)4-5-18-10/h4-5,7,12H,6H2,1-3H3. The summed E-state index contributed by atoms with van der Waals surface area (Å²) in [7, 11) is 0.107. The van der Waals surface area contributed by atoms with E-state index in [0.29, 0.717) is 11.5 Å². The van der Waals surface area contributed by atoms with Crippen molar-refractivity contribution in [2.45, 2.75) is 18.0 Å². The minimum absolute atomic E-state index is 0.00291. The first-order valence-corrected chi connectivity index (χ1v) is 8.34. The second-order valence-electron chi connectivity index (χ2n) is 4.43. The van der Waals surface area contributed by atoms with E-state index in [1.54, 1.807) is 11.6 Å². The fourth-order valence-corrected chi connectivity index (χ4v) is 4.03. The van der Waals surface area contributed by atoms with E-state index in [1.807, 2.05) is 25.9 Å². The number of aromatic nitrogens is 2. The second-order valence-corrected chi connectivity index (χ2v) is 7.34. The molecule has 9 heteroatoms. The molecule has 1 unspecified atom stereocenters. The molecule has 1 N–H and O–H groups in total. The van der Waals surface area contributed by atoms with Crippen molar-refractivity contribution in [2.24, 2.45) is 0 Å². The Balaban J connectivity index is 2.29. The number of hydrogen-bond donors (Lipinski definition) is 1. The molecule has 2 heterocycles. The summed E-state index contributed by atoms with van der Waals surface area (Å²) in [5.41, 5.74) is 0. The second kappa shape index (κ2) is 5.37. The molecule has 0 saturated carbocycles. The van der Waals surface area contributed by atoms with E-state index in [-0.39, 0.29) is 16.2 Å². The lowest BCUT2D eigenvalue weighted by atomic mass is 10.3. The third kappa shape index (κ3) is 2.92. The highest BCUT2D eigenvalue weighted by molar-refractivity contribution is 7.89. The average Bonchev–Trinajstić information content (AvgIpc) is 2.84. The summed E-state index contributed by atoms with van der Waals surface area (Å²) < 4.78 is 28.6. The van der Waals surface area contributed by atoms with Crippen molar-refractivity contribution in [1.82, 2.24) is 19.0 Å². The van der Waals surface area contributed by atoms with E-state index in [0.717, 1.165) is 0 Å². The molecule has 0 aliphatic rings. The number of thiazole rings is 1. The third-order valence-electron chi connectivity index (χ3n) is 2.88. The van der Waals surface area contributed by atoms with Crippen LogP contribution in [0.3, 0.4) is 0 Å². The van der Waals surface area contributed by atoms with Gasteiger partial charge in [-0.05, 0) is 21.0 Å². The van der Waals surface area contributed by atoms with Crippen molar-refractivity contribution < 1.29 is 8.42 Å². The van der Waals surface area contributed by atoms with Gasteiger partial charge < -0.3 is 4.90 Å². The molecule has 0 spiro atoms. The molecule has 0 aliphatic carbocycles. The number of halogens is 1. The number of likely N-dealkylation sites (N-methyl/N-ethyl adjacent to an activating group) is 1. The SMILES string of the molecule is CC(CNS(=O)(=O)c1c(Cl)nc2sccn12)N(C)C. The van der Waals surface area contributed by atoms with E-state index >= 15 is 0 Å². The molecule has 19 heavy (non-hydrogen) atoms. The third-order valence-corrected chi connectivity index (χ3v) is 5.46. The van der Waals surface area contributed by atoms with Crippen LogP contribution in [-0.4, -0.2) is 49.4 Å². The fraction of sp³-hybridized carbons (Fsp3) is 0.500. The smallest absolute Gasteiger partial charge is 0.259 e. The maximum atomic E-state index is 12.3. The lowest BCUT2D eigenvalue weighted by molar-refractivity contribution is 0.314. The van der Waals surface area contributed by atoms with Crippen LogP contribution in [0.1, 0.15) is 6.92 Å². The number of rotatable bonds is 5. The zero-order valence-corrected chi connectivity index (χ0v) is 13.2. The Kier molecular flexibility index (Phi) is 4.17. The van der Waals surface area contributed by atoms with Gasteiger partial charge in [0.15, 0.2) is 15.1 Å². The number of nitrogens with zero attached hydrogens (tertiary/aromatic N) is 3. The monoisotopic (exact) mass is 322 g/mol. The van der Waals surface area contributed by atoms with Crippen LogP contribution >= 0.6 is 22.9 Å². The van der Waals surface area contributed by atoms with Crippen LogP contribution in [-0.2, 0) is 10.0 Å². The maximum Gasteiger partial charge on any atom is 0.259 e. The van der Waals surface area contributed by atoms with Crippen LogP contribution in [0.2, 0.25) is 5.15 Å². The highest BCUT2D eigenvalue weighted by Gasteiger charge is 2.25. The summed E-state index contributed by atoms with van der Waals surface area (Å²) in [4.78, 5) is 6.51. The molecular weight excluding hydrogens is 308 g/mol. The average molecular weight is 323 g/mol. The fourth-order valence-electron chi connectivity index (χ4n) is 1.46.